The van der Waals surface area contributed by atoms with Gasteiger partial charge >= 0.3 is 0 Å². The van der Waals surface area contributed by atoms with Crippen LogP contribution in [0.15, 0.2) is 54.9 Å². The summed E-state index contributed by atoms with van der Waals surface area (Å²) in [7, 11) is 0. The normalized spacial score (nSPS) is 11.3. The number of halogens is 3. The first-order valence-corrected chi connectivity index (χ1v) is 7.38. The first kappa shape index (κ1) is 20.4. The van der Waals surface area contributed by atoms with Crippen molar-refractivity contribution < 1.29 is 4.79 Å². The van der Waals surface area contributed by atoms with Crippen LogP contribution >= 0.6 is 36.4 Å². The quantitative estimate of drug-likeness (QED) is 0.649. The van der Waals surface area contributed by atoms with Gasteiger partial charge in [0.1, 0.15) is 0 Å². The van der Waals surface area contributed by atoms with Gasteiger partial charge in [-0.2, -0.15) is 0 Å². The number of aromatic nitrogens is 1. The van der Waals surface area contributed by atoms with Crippen molar-refractivity contribution in [2.45, 2.75) is 13.0 Å². The number of benzene rings is 2. The third-order valence-corrected chi connectivity index (χ3v) is 4.00. The van der Waals surface area contributed by atoms with Crippen LogP contribution in [0.5, 0.6) is 0 Å². The summed E-state index contributed by atoms with van der Waals surface area (Å²) in [6.45, 7) is 1.88. The molecule has 2 N–H and O–H groups in total. The highest BCUT2D eigenvalue weighted by molar-refractivity contribution is 6.35. The number of pyridine rings is 1. The van der Waals surface area contributed by atoms with E-state index in [0.717, 1.165) is 16.3 Å². The molecule has 24 heavy (non-hydrogen) atoms. The molecule has 0 saturated heterocycles. The zero-order chi connectivity index (χ0) is 15.7. The lowest BCUT2D eigenvalue weighted by Crippen LogP contribution is -2.07. The first-order valence-electron chi connectivity index (χ1n) is 7.00. The lowest BCUT2D eigenvalue weighted by atomic mass is 9.97. The summed E-state index contributed by atoms with van der Waals surface area (Å²) in [4.78, 5) is 16.9. The number of carbonyl (C=O) groups is 1. The van der Waals surface area contributed by atoms with E-state index < -0.39 is 0 Å². The van der Waals surface area contributed by atoms with Gasteiger partial charge in [-0.05, 0) is 36.1 Å². The Morgan fingerprint density at radius 2 is 1.88 bits per heavy atom. The van der Waals surface area contributed by atoms with Gasteiger partial charge in [-0.15, -0.1) is 24.8 Å². The Bertz CT molecular complexity index is 861. The summed E-state index contributed by atoms with van der Waals surface area (Å²) in [5.41, 5.74) is 7.85. The van der Waals surface area contributed by atoms with Crippen molar-refractivity contribution in [1.29, 1.82) is 0 Å². The Morgan fingerprint density at radius 1 is 1.12 bits per heavy atom. The molecule has 3 rings (SSSR count). The van der Waals surface area contributed by atoms with E-state index in [2.05, 4.69) is 4.98 Å². The van der Waals surface area contributed by atoms with Crippen LogP contribution < -0.4 is 5.73 Å². The Hall–Kier alpha value is -1.65. The van der Waals surface area contributed by atoms with Crippen molar-refractivity contribution in [3.63, 3.8) is 0 Å². The number of hydrogen-bond donors (Lipinski definition) is 1. The van der Waals surface area contributed by atoms with E-state index in [1.165, 1.54) is 0 Å². The molecule has 3 aromatic rings. The van der Waals surface area contributed by atoms with Crippen LogP contribution in [-0.4, -0.2) is 10.8 Å². The predicted molar refractivity (Wildman–Crippen MR) is 104 cm³/mol. The van der Waals surface area contributed by atoms with E-state index in [0.29, 0.717) is 16.1 Å². The van der Waals surface area contributed by atoms with Crippen LogP contribution in [-0.2, 0) is 0 Å². The number of hydrogen-bond acceptors (Lipinski definition) is 3. The third kappa shape index (κ3) is 3.87. The smallest absolute Gasteiger partial charge is 0.195 e. The summed E-state index contributed by atoms with van der Waals surface area (Å²) in [5.74, 6) is -0.0991. The molecule has 0 spiro atoms. The maximum atomic E-state index is 12.8. The second-order valence-electron chi connectivity index (χ2n) is 5.26. The second-order valence-corrected chi connectivity index (χ2v) is 5.67. The highest BCUT2D eigenvalue weighted by Crippen LogP contribution is 2.26. The predicted octanol–water partition coefficient (Wildman–Crippen LogP) is 4.98. The Morgan fingerprint density at radius 3 is 2.54 bits per heavy atom. The topological polar surface area (TPSA) is 56.0 Å². The SMILES string of the molecule is CC(N)c1ccc(C(=O)c2cccc3cnccc23)c(Cl)c1.Cl.Cl. The van der Waals surface area contributed by atoms with Gasteiger partial charge in [0.05, 0.1) is 5.02 Å². The van der Waals surface area contributed by atoms with Gasteiger partial charge in [0.2, 0.25) is 0 Å². The van der Waals surface area contributed by atoms with Crippen LogP contribution in [0.2, 0.25) is 5.02 Å². The van der Waals surface area contributed by atoms with E-state index in [-0.39, 0.29) is 36.6 Å². The van der Waals surface area contributed by atoms with E-state index in [9.17, 15) is 4.79 Å². The molecule has 0 bridgehead atoms. The fourth-order valence-electron chi connectivity index (χ4n) is 2.46. The number of rotatable bonds is 3. The number of nitrogens with zero attached hydrogens (tertiary/aromatic N) is 1. The molecule has 1 atom stereocenters. The van der Waals surface area contributed by atoms with Crippen molar-refractivity contribution in [2.75, 3.05) is 0 Å². The highest BCUT2D eigenvalue weighted by Gasteiger charge is 2.16. The van der Waals surface area contributed by atoms with Gasteiger partial charge < -0.3 is 5.73 Å². The molecule has 0 fully saturated rings. The van der Waals surface area contributed by atoms with E-state index >= 15 is 0 Å². The minimum absolute atomic E-state index is 0. The molecule has 126 valence electrons. The molecule has 0 aliphatic heterocycles. The van der Waals surface area contributed by atoms with Crippen LogP contribution in [0.1, 0.15) is 34.5 Å². The number of nitrogens with two attached hydrogens (primary N) is 1. The van der Waals surface area contributed by atoms with Crippen LogP contribution in [0.25, 0.3) is 10.8 Å². The lowest BCUT2D eigenvalue weighted by Gasteiger charge is -2.10. The van der Waals surface area contributed by atoms with E-state index in [1.807, 2.05) is 31.2 Å². The molecule has 3 nitrogen and oxygen atoms in total. The molecule has 2 aromatic carbocycles. The minimum Gasteiger partial charge on any atom is -0.324 e. The zero-order valence-electron chi connectivity index (χ0n) is 12.9. The van der Waals surface area contributed by atoms with Gasteiger partial charge in [0.25, 0.3) is 0 Å². The molecule has 0 radical (unpaired) electrons. The highest BCUT2D eigenvalue weighted by atomic mass is 35.5. The van der Waals surface area contributed by atoms with Crippen molar-refractivity contribution >= 4 is 53.0 Å². The van der Waals surface area contributed by atoms with Crippen LogP contribution in [0.3, 0.4) is 0 Å². The monoisotopic (exact) mass is 382 g/mol. The van der Waals surface area contributed by atoms with Gasteiger partial charge in [-0.3, -0.25) is 9.78 Å². The fraction of sp³-hybridized carbons (Fsp3) is 0.111. The van der Waals surface area contributed by atoms with Gasteiger partial charge in [0, 0.05) is 34.9 Å². The molecule has 1 aromatic heterocycles. The zero-order valence-corrected chi connectivity index (χ0v) is 15.3. The summed E-state index contributed by atoms with van der Waals surface area (Å²) < 4.78 is 0. The van der Waals surface area contributed by atoms with E-state index in [4.69, 9.17) is 17.3 Å². The Balaban J connectivity index is 0.00000144. The molecule has 1 unspecified atom stereocenters. The number of carbonyl (C=O) groups excluding carboxylic acids is 1. The van der Waals surface area contributed by atoms with Gasteiger partial charge in [-0.1, -0.05) is 35.9 Å². The average molecular weight is 384 g/mol. The molecular formula is C18H17Cl3N2O. The maximum absolute atomic E-state index is 12.8. The Kier molecular flexibility index (Phi) is 7.18. The van der Waals surface area contributed by atoms with E-state index in [1.54, 1.807) is 30.6 Å². The largest absolute Gasteiger partial charge is 0.324 e. The lowest BCUT2D eigenvalue weighted by molar-refractivity contribution is 0.104. The van der Waals surface area contributed by atoms with Crippen molar-refractivity contribution in [2.24, 2.45) is 5.73 Å². The number of ketones is 1. The number of fused-ring (bicyclic) bond motifs is 1. The van der Waals surface area contributed by atoms with Crippen LogP contribution in [0, 0.1) is 0 Å². The molecular weight excluding hydrogens is 367 g/mol. The molecule has 0 aliphatic rings. The van der Waals surface area contributed by atoms with Gasteiger partial charge in [0.15, 0.2) is 5.78 Å². The fourth-order valence-corrected chi connectivity index (χ4v) is 2.74. The second kappa shape index (κ2) is 8.45. The molecule has 0 amide bonds. The van der Waals surface area contributed by atoms with Crippen molar-refractivity contribution in [3.05, 3.63) is 76.6 Å². The standard InChI is InChI=1S/C18H15ClN2O.2ClH/c1-11(20)12-5-6-16(17(19)9-12)18(22)15-4-2-3-13-10-21-8-7-14(13)15;;/h2-11H,20H2,1H3;2*1H. The summed E-state index contributed by atoms with van der Waals surface area (Å²) >= 11 is 6.28. The summed E-state index contributed by atoms with van der Waals surface area (Å²) in [5, 5.41) is 2.22. The third-order valence-electron chi connectivity index (χ3n) is 3.69. The van der Waals surface area contributed by atoms with Crippen molar-refractivity contribution in [1.82, 2.24) is 4.98 Å². The first-order chi connectivity index (χ1) is 10.6. The molecule has 0 aliphatic carbocycles. The maximum Gasteiger partial charge on any atom is 0.195 e. The summed E-state index contributed by atoms with van der Waals surface area (Å²) in [6, 6.07) is 12.6. The Labute approximate surface area is 158 Å². The average Bonchev–Trinajstić information content (AvgIpc) is 2.53. The molecule has 6 heteroatoms. The van der Waals surface area contributed by atoms with Crippen molar-refractivity contribution in [3.8, 4) is 0 Å². The molecule has 1 heterocycles. The summed E-state index contributed by atoms with van der Waals surface area (Å²) in [6.07, 6.45) is 3.42. The van der Waals surface area contributed by atoms with Gasteiger partial charge in [-0.25, -0.2) is 0 Å². The molecule has 0 saturated carbocycles. The minimum atomic E-state index is -0.120. The van der Waals surface area contributed by atoms with Crippen LogP contribution in [0.4, 0.5) is 0 Å².